The molecule has 0 nitrogen and oxygen atoms in total. The molecule has 4 heteroatoms. The van der Waals surface area contributed by atoms with Crippen LogP contribution in [0.25, 0.3) is 0 Å². The van der Waals surface area contributed by atoms with Crippen LogP contribution < -0.4 is 37.2 Å². The summed E-state index contributed by atoms with van der Waals surface area (Å²) in [6, 6.07) is 21.6. The van der Waals surface area contributed by atoms with E-state index in [9.17, 15) is 0 Å². The van der Waals surface area contributed by atoms with Gasteiger partial charge in [0.05, 0.1) is 0 Å². The van der Waals surface area contributed by atoms with Gasteiger partial charge in [-0.15, -0.1) is 0 Å². The Morgan fingerprint density at radius 2 is 1.17 bits per heavy atom. The Kier molecular flexibility index (Phi) is 12.8. The third-order valence-corrected chi connectivity index (χ3v) is 3.95. The monoisotopic (exact) mass is 412 g/mol. The second kappa shape index (κ2) is 12.0. The van der Waals surface area contributed by atoms with Crippen molar-refractivity contribution in [1.29, 1.82) is 0 Å². The van der Waals surface area contributed by atoms with Gasteiger partial charge in [0.2, 0.25) is 0 Å². The van der Waals surface area contributed by atoms with Crippen LogP contribution in [0.3, 0.4) is 0 Å². The minimum atomic E-state index is 0. The van der Waals surface area contributed by atoms with E-state index in [0.717, 1.165) is 6.42 Å². The first-order valence-corrected chi connectivity index (χ1v) is 7.14. The minimum Gasteiger partial charge on any atom is -1.00 e. The summed E-state index contributed by atoms with van der Waals surface area (Å²) < 4.78 is 0. The molecule has 0 heterocycles. The molecule has 2 aromatic rings. The molecule has 0 saturated carbocycles. The van der Waals surface area contributed by atoms with Crippen molar-refractivity contribution in [3.05, 3.63) is 94.6 Å². The number of allylic oxidation sites excluding steroid dienone is 4. The predicted molar refractivity (Wildman–Crippen MR) is 84.5 cm³/mol. The van der Waals surface area contributed by atoms with Gasteiger partial charge < -0.3 is 37.2 Å². The predicted octanol–water partition coefficient (Wildman–Crippen LogP) is -3.70. The van der Waals surface area contributed by atoms with E-state index in [0.29, 0.717) is 5.92 Å². The molecule has 0 unspecified atom stereocenters. The molecule has 3 rings (SSSR count). The largest absolute Gasteiger partial charge is 4.00 e. The summed E-state index contributed by atoms with van der Waals surface area (Å²) in [5.74, 6) is 0.349. The fraction of sp³-hybridized carbons (Fsp3) is 0.200. The molecule has 0 N–H and O–H groups in total. The van der Waals surface area contributed by atoms with Gasteiger partial charge in [-0.3, -0.25) is 0 Å². The van der Waals surface area contributed by atoms with Crippen molar-refractivity contribution in [2.75, 3.05) is 0 Å². The number of rotatable bonds is 3. The topological polar surface area (TPSA) is 0 Å². The Morgan fingerprint density at radius 1 is 0.750 bits per heavy atom. The zero-order chi connectivity index (χ0) is 13.9. The number of benzene rings is 2. The van der Waals surface area contributed by atoms with Gasteiger partial charge in [-0.05, 0) is 5.92 Å². The Hall–Kier alpha value is -0.496. The number of hydrogen-bond acceptors (Lipinski definition) is 0. The zero-order valence-corrected chi connectivity index (χ0v) is 17.5. The molecule has 1 aliphatic rings. The number of halogens is 3. The van der Waals surface area contributed by atoms with Crippen molar-refractivity contribution in [1.82, 2.24) is 0 Å². The van der Waals surface area contributed by atoms with E-state index in [1.165, 1.54) is 27.8 Å². The fourth-order valence-electron chi connectivity index (χ4n) is 3.07. The van der Waals surface area contributed by atoms with Gasteiger partial charge in [0.1, 0.15) is 0 Å². The zero-order valence-electron chi connectivity index (χ0n) is 13.7. The fourth-order valence-corrected chi connectivity index (χ4v) is 3.07. The normalized spacial score (nSPS) is 12.4. The molecular formula is C20H19Cl3Ti. The van der Waals surface area contributed by atoms with Crippen molar-refractivity contribution >= 4 is 0 Å². The second-order valence-electron chi connectivity index (χ2n) is 5.49. The molecule has 1 aliphatic carbocycles. The third-order valence-electron chi connectivity index (χ3n) is 3.95. The van der Waals surface area contributed by atoms with Crippen molar-refractivity contribution in [2.45, 2.75) is 26.2 Å². The van der Waals surface area contributed by atoms with Crippen LogP contribution in [0, 0.1) is 6.08 Å². The first-order valence-electron chi connectivity index (χ1n) is 7.14. The van der Waals surface area contributed by atoms with Crippen LogP contribution in [0.2, 0.25) is 0 Å². The van der Waals surface area contributed by atoms with Crippen LogP contribution in [0.15, 0.2) is 77.4 Å². The molecule has 0 atom stereocenters. The molecule has 0 fully saturated rings. The number of hydrogen-bond donors (Lipinski definition) is 0. The third kappa shape index (κ3) is 5.79. The Bertz CT molecular complexity index is 624. The Balaban J connectivity index is 0. The smallest absolute Gasteiger partial charge is 1.00 e. The molecule has 0 bridgehead atoms. The molecular weight excluding hydrogens is 394 g/mol. The van der Waals surface area contributed by atoms with Crippen LogP contribution in [0.5, 0.6) is 0 Å². The summed E-state index contributed by atoms with van der Waals surface area (Å²) in [6.45, 7) is 4.36. The first kappa shape index (κ1) is 25.7. The van der Waals surface area contributed by atoms with Crippen molar-refractivity contribution < 1.29 is 58.9 Å². The maximum atomic E-state index is 3.48. The van der Waals surface area contributed by atoms with E-state index in [2.05, 4.69) is 80.6 Å². The molecule has 0 aliphatic heterocycles. The quantitative estimate of drug-likeness (QED) is 0.359. The summed E-state index contributed by atoms with van der Waals surface area (Å²) in [5.41, 5.74) is 6.86. The first-order chi connectivity index (χ1) is 9.75. The summed E-state index contributed by atoms with van der Waals surface area (Å²) in [6.07, 6.45) is 4.53. The minimum absolute atomic E-state index is 0. The van der Waals surface area contributed by atoms with Gasteiger partial charge in [-0.1, -0.05) is 92.1 Å². The maximum absolute atomic E-state index is 3.48. The van der Waals surface area contributed by atoms with Gasteiger partial charge in [0.15, 0.2) is 0 Å². The van der Waals surface area contributed by atoms with E-state index in [4.69, 9.17) is 0 Å². The summed E-state index contributed by atoms with van der Waals surface area (Å²) in [5, 5.41) is 0. The molecule has 0 amide bonds. The Labute approximate surface area is 178 Å². The van der Waals surface area contributed by atoms with Crippen molar-refractivity contribution in [3.8, 4) is 0 Å². The molecule has 24 heavy (non-hydrogen) atoms. The molecule has 2 aromatic carbocycles. The van der Waals surface area contributed by atoms with Crippen LogP contribution >= 0.6 is 0 Å². The van der Waals surface area contributed by atoms with E-state index < -0.39 is 0 Å². The molecule has 0 aromatic heterocycles. The van der Waals surface area contributed by atoms with Gasteiger partial charge in [0.25, 0.3) is 0 Å². The molecule has 0 spiro atoms. The van der Waals surface area contributed by atoms with Gasteiger partial charge in [0, 0.05) is 0 Å². The van der Waals surface area contributed by atoms with E-state index in [-0.39, 0.29) is 58.9 Å². The van der Waals surface area contributed by atoms with Gasteiger partial charge in [-0.25, -0.2) is 11.6 Å². The van der Waals surface area contributed by atoms with Crippen LogP contribution in [-0.2, 0) is 21.7 Å². The second-order valence-corrected chi connectivity index (χ2v) is 5.49. The molecule has 0 radical (unpaired) electrons. The van der Waals surface area contributed by atoms with E-state index in [1.54, 1.807) is 0 Å². The SMILES string of the molecule is CC1=[C-]C(C)=C(C(c2ccccc2)c2ccccc2)C1.[Cl-].[Cl-].[Cl-].[Ti+4]. The summed E-state index contributed by atoms with van der Waals surface area (Å²) >= 11 is 0. The van der Waals surface area contributed by atoms with E-state index >= 15 is 0 Å². The van der Waals surface area contributed by atoms with E-state index in [1.807, 2.05) is 0 Å². The summed E-state index contributed by atoms with van der Waals surface area (Å²) in [7, 11) is 0. The van der Waals surface area contributed by atoms with Gasteiger partial charge >= 0.3 is 21.7 Å². The standard InChI is InChI=1S/C20H19.3ClH.Ti/c1-15-13-16(2)19(14-15)20(17-9-5-3-6-10-17)18-11-7-4-8-12-18;;;;/h3-12,20H,14H2,1-2H3;3*1H;/q-1;;;;+4/p-3. The maximum Gasteiger partial charge on any atom is 4.00 e. The van der Waals surface area contributed by atoms with Crippen molar-refractivity contribution in [3.63, 3.8) is 0 Å². The Morgan fingerprint density at radius 3 is 1.50 bits per heavy atom. The van der Waals surface area contributed by atoms with Gasteiger partial charge in [-0.2, -0.15) is 11.1 Å². The van der Waals surface area contributed by atoms with Crippen LogP contribution in [-0.4, -0.2) is 0 Å². The molecule has 0 saturated heterocycles. The summed E-state index contributed by atoms with van der Waals surface area (Å²) in [4.78, 5) is 0. The van der Waals surface area contributed by atoms with Crippen LogP contribution in [0.1, 0.15) is 37.3 Å². The van der Waals surface area contributed by atoms with Crippen molar-refractivity contribution in [2.24, 2.45) is 0 Å². The van der Waals surface area contributed by atoms with Crippen LogP contribution in [0.4, 0.5) is 0 Å². The average Bonchev–Trinajstić information content (AvgIpc) is 2.80. The molecule has 124 valence electrons. The average molecular weight is 414 g/mol.